The van der Waals surface area contributed by atoms with E-state index in [0.717, 1.165) is 0 Å². The van der Waals surface area contributed by atoms with Crippen LogP contribution in [-0.4, -0.2) is 45.4 Å². The zero-order valence-electron chi connectivity index (χ0n) is 16.0. The number of carbonyl (C=O) groups excluding carboxylic acids is 1. The van der Waals surface area contributed by atoms with Crippen LogP contribution in [0.1, 0.15) is 11.3 Å². The maximum Gasteiger partial charge on any atom is 0.387 e. The van der Waals surface area contributed by atoms with Gasteiger partial charge in [-0.25, -0.2) is 4.98 Å². The highest BCUT2D eigenvalue weighted by Gasteiger charge is 2.16. The summed E-state index contributed by atoms with van der Waals surface area (Å²) in [5.74, 6) is -0.123. The number of imidazole rings is 1. The van der Waals surface area contributed by atoms with Crippen molar-refractivity contribution in [3.8, 4) is 11.5 Å². The second-order valence-corrected chi connectivity index (χ2v) is 7.40. The van der Waals surface area contributed by atoms with E-state index in [1.165, 1.54) is 31.5 Å². The number of rotatable bonds is 9. The number of fused-ring (bicyclic) bond motifs is 1. The summed E-state index contributed by atoms with van der Waals surface area (Å²) >= 11 is 0. The number of hydroxylamine groups is 1. The van der Waals surface area contributed by atoms with Gasteiger partial charge in [0.1, 0.15) is 12.4 Å². The molecule has 9 nitrogen and oxygen atoms in total. The first-order valence-electron chi connectivity index (χ1n) is 8.59. The molecule has 0 aliphatic rings. The molecular weight excluding hydrogens is 422 g/mol. The average molecular weight is 440 g/mol. The van der Waals surface area contributed by atoms with Crippen LogP contribution in [0.4, 0.5) is 8.78 Å². The third-order valence-corrected chi connectivity index (χ3v) is 5.11. The summed E-state index contributed by atoms with van der Waals surface area (Å²) in [6, 6.07) is 5.76. The molecule has 0 radical (unpaired) electrons. The number of carbonyl (C=O) groups is 1. The van der Waals surface area contributed by atoms with Gasteiger partial charge >= 0.3 is 6.61 Å². The smallest absolute Gasteiger partial charge is 0.387 e. The van der Waals surface area contributed by atoms with E-state index >= 15 is 0 Å². The minimum absolute atomic E-state index is 0.0231. The minimum atomic E-state index is -2.94. The summed E-state index contributed by atoms with van der Waals surface area (Å²) in [6.07, 6.45) is 1.46. The van der Waals surface area contributed by atoms with Crippen molar-refractivity contribution >= 4 is 27.7 Å². The molecule has 0 saturated heterocycles. The van der Waals surface area contributed by atoms with Gasteiger partial charge in [-0.05, 0) is 19.1 Å². The van der Waals surface area contributed by atoms with Crippen LogP contribution in [0.2, 0.25) is 0 Å². The highest BCUT2D eigenvalue weighted by molar-refractivity contribution is 7.84. The molecule has 3 aromatic rings. The van der Waals surface area contributed by atoms with Crippen LogP contribution in [0, 0.1) is 6.92 Å². The molecule has 2 heterocycles. The van der Waals surface area contributed by atoms with Crippen molar-refractivity contribution in [1.82, 2.24) is 20.4 Å². The lowest BCUT2D eigenvalue weighted by atomic mass is 10.2. The van der Waals surface area contributed by atoms with Crippen LogP contribution >= 0.6 is 0 Å². The molecule has 0 saturated carbocycles. The van der Waals surface area contributed by atoms with Crippen molar-refractivity contribution in [1.29, 1.82) is 0 Å². The Bertz CT molecular complexity index is 1080. The van der Waals surface area contributed by atoms with E-state index < -0.39 is 23.3 Å². The Labute approximate surface area is 172 Å². The molecule has 0 aliphatic carbocycles. The molecule has 2 aromatic heterocycles. The lowest BCUT2D eigenvalue weighted by molar-refractivity contribution is -0.131. The summed E-state index contributed by atoms with van der Waals surface area (Å²) in [5.41, 5.74) is 4.19. The molecular formula is C18H18F2N4O5S. The lowest BCUT2D eigenvalue weighted by Crippen LogP contribution is -2.30. The number of methoxy groups -OCH3 is 1. The zero-order chi connectivity index (χ0) is 21.7. The first kappa shape index (κ1) is 21.6. The van der Waals surface area contributed by atoms with Crippen molar-refractivity contribution in [3.05, 3.63) is 41.7 Å². The quantitative estimate of drug-likeness (QED) is 0.490. The fourth-order valence-corrected chi connectivity index (χ4v) is 3.63. The van der Waals surface area contributed by atoms with Crippen LogP contribution in [-0.2, 0) is 26.1 Å². The molecule has 0 aliphatic heterocycles. The van der Waals surface area contributed by atoms with E-state index in [1.54, 1.807) is 13.0 Å². The van der Waals surface area contributed by atoms with E-state index in [1.807, 2.05) is 0 Å². The third kappa shape index (κ3) is 5.27. The van der Waals surface area contributed by atoms with Crippen LogP contribution in [0.15, 0.2) is 35.6 Å². The average Bonchev–Trinajstić information content (AvgIpc) is 3.12. The van der Waals surface area contributed by atoms with Crippen LogP contribution in [0.3, 0.4) is 0 Å². The van der Waals surface area contributed by atoms with Crippen molar-refractivity contribution in [2.45, 2.75) is 24.4 Å². The van der Waals surface area contributed by atoms with E-state index in [2.05, 4.69) is 25.2 Å². The molecule has 1 aromatic carbocycles. The lowest BCUT2D eigenvalue weighted by Gasteiger charge is -2.11. The van der Waals surface area contributed by atoms with Gasteiger partial charge in [0.2, 0.25) is 0 Å². The molecule has 12 heteroatoms. The number of amides is 1. The largest absolute Gasteiger partial charge is 0.435 e. The van der Waals surface area contributed by atoms with Gasteiger partial charge in [0, 0.05) is 31.0 Å². The zero-order valence-corrected chi connectivity index (χ0v) is 16.8. The Hall–Kier alpha value is -3.12. The fourth-order valence-electron chi connectivity index (χ4n) is 2.53. The van der Waals surface area contributed by atoms with E-state index in [9.17, 15) is 17.8 Å². The number of ether oxygens (including phenoxy) is 2. The molecule has 160 valence electrons. The number of hydrogen-bond donors (Lipinski definition) is 2. The van der Waals surface area contributed by atoms with Crippen molar-refractivity contribution in [2.75, 3.05) is 13.7 Å². The topological polar surface area (TPSA) is 115 Å². The van der Waals surface area contributed by atoms with Crippen molar-refractivity contribution < 1.29 is 32.1 Å². The fraction of sp³-hybridized carbons (Fsp3) is 0.278. The second kappa shape index (κ2) is 9.59. The normalized spacial score (nSPS) is 12.2. The monoisotopic (exact) mass is 440 g/mol. The van der Waals surface area contributed by atoms with Gasteiger partial charge in [-0.1, -0.05) is 0 Å². The molecule has 0 spiro atoms. The van der Waals surface area contributed by atoms with E-state index in [0.29, 0.717) is 28.0 Å². The third-order valence-electron chi connectivity index (χ3n) is 3.95. The number of halogens is 2. The number of aromatic nitrogens is 3. The van der Waals surface area contributed by atoms with Gasteiger partial charge in [-0.15, -0.1) is 0 Å². The Kier molecular flexibility index (Phi) is 6.90. The molecule has 1 unspecified atom stereocenters. The maximum atomic E-state index is 12.8. The van der Waals surface area contributed by atoms with E-state index in [-0.39, 0.29) is 23.3 Å². The van der Waals surface area contributed by atoms with Gasteiger partial charge in [-0.2, -0.15) is 14.3 Å². The highest BCUT2D eigenvalue weighted by atomic mass is 32.2. The number of aromatic amines is 1. The summed E-state index contributed by atoms with van der Waals surface area (Å²) in [4.78, 5) is 28.0. The SMILES string of the molecule is COCC(=O)NOc1ccnc(CS(=O)c2nc3ccc(OC(F)F)cc3[nH]2)c1C. The molecule has 2 N–H and O–H groups in total. The summed E-state index contributed by atoms with van der Waals surface area (Å²) < 4.78 is 46.5. The van der Waals surface area contributed by atoms with Gasteiger partial charge in [-0.3, -0.25) is 14.0 Å². The van der Waals surface area contributed by atoms with Gasteiger partial charge in [0.05, 0.1) is 33.3 Å². The maximum absolute atomic E-state index is 12.8. The minimum Gasteiger partial charge on any atom is -0.435 e. The van der Waals surface area contributed by atoms with Crippen LogP contribution < -0.4 is 15.1 Å². The van der Waals surface area contributed by atoms with Gasteiger partial charge in [0.25, 0.3) is 5.91 Å². The predicted molar refractivity (Wildman–Crippen MR) is 102 cm³/mol. The number of H-pyrrole nitrogens is 1. The summed E-state index contributed by atoms with van der Waals surface area (Å²) in [7, 11) is -0.215. The summed E-state index contributed by atoms with van der Waals surface area (Å²) in [5, 5.41) is 0.167. The molecule has 0 fully saturated rings. The first-order valence-corrected chi connectivity index (χ1v) is 9.91. The highest BCUT2D eigenvalue weighted by Crippen LogP contribution is 2.24. The Balaban J connectivity index is 1.74. The number of nitrogens with one attached hydrogen (secondary N) is 2. The number of benzene rings is 1. The van der Waals surface area contributed by atoms with Gasteiger partial charge in [0.15, 0.2) is 10.9 Å². The van der Waals surface area contributed by atoms with Crippen LogP contribution in [0.25, 0.3) is 11.0 Å². The first-order chi connectivity index (χ1) is 14.4. The molecule has 30 heavy (non-hydrogen) atoms. The Morgan fingerprint density at radius 3 is 2.87 bits per heavy atom. The number of alkyl halides is 2. The number of hydrogen-bond acceptors (Lipinski definition) is 7. The Morgan fingerprint density at radius 2 is 2.13 bits per heavy atom. The standard InChI is InChI=1S/C18H18F2N4O5S/c1-10-14(21-6-5-15(10)29-24-16(25)8-27-2)9-30(26)18-22-12-4-3-11(28-17(19)20)7-13(12)23-18/h3-7,17H,8-9H2,1-2H3,(H,22,23)(H,24,25). The van der Waals surface area contributed by atoms with Crippen molar-refractivity contribution in [2.24, 2.45) is 0 Å². The molecule has 1 amide bonds. The van der Waals surface area contributed by atoms with E-state index in [4.69, 9.17) is 9.57 Å². The van der Waals surface area contributed by atoms with Crippen molar-refractivity contribution in [3.63, 3.8) is 0 Å². The second-order valence-electron chi connectivity index (χ2n) is 6.03. The Morgan fingerprint density at radius 1 is 1.33 bits per heavy atom. The molecule has 0 bridgehead atoms. The number of pyridine rings is 1. The predicted octanol–water partition coefficient (Wildman–Crippen LogP) is 2.23. The van der Waals surface area contributed by atoms with Crippen LogP contribution in [0.5, 0.6) is 11.5 Å². The van der Waals surface area contributed by atoms with Gasteiger partial charge < -0.3 is 19.3 Å². The summed E-state index contributed by atoms with van der Waals surface area (Å²) in [6.45, 7) is -1.39. The number of nitrogens with zero attached hydrogens (tertiary/aromatic N) is 2. The molecule has 1 atom stereocenters. The molecule has 3 rings (SSSR count).